The number of carbonyl (C=O) groups excluding carboxylic acids is 3. The molecule has 0 fully saturated rings. The monoisotopic (exact) mass is 543 g/mol. The van der Waals surface area contributed by atoms with Crippen molar-refractivity contribution in [3.63, 3.8) is 0 Å². The Hall–Kier alpha value is -4.10. The normalized spacial score (nSPS) is 15.5. The summed E-state index contributed by atoms with van der Waals surface area (Å²) in [6, 6.07) is 17.3. The standard InChI is InChI=1S/C28H14F6O3P/c29-16-12-7-13-17(30)27(16)38(14-8-3-1-4-9-14,15-10-5-2-6-11-15)28-25(36)19-18(24(35)26(28)37)20(31)22(33)23(34)21(19)32/h1-13,28H/q+1. The number of benzene rings is 4. The Morgan fingerprint density at radius 2 is 0.947 bits per heavy atom. The SMILES string of the molecule is O=C1C(=O)C([P+](c2ccccc2)(c2ccccc2)c2c(F)cccc2F)C(=O)c2c(F)c(F)c(F)c(F)c21. The zero-order valence-corrected chi connectivity index (χ0v) is 19.9. The minimum absolute atomic E-state index is 0.0570. The van der Waals surface area contributed by atoms with E-state index in [0.29, 0.717) is 0 Å². The lowest BCUT2D eigenvalue weighted by Gasteiger charge is -2.35. The van der Waals surface area contributed by atoms with E-state index in [-0.39, 0.29) is 10.6 Å². The van der Waals surface area contributed by atoms with E-state index in [1.165, 1.54) is 48.5 Å². The van der Waals surface area contributed by atoms with Crippen molar-refractivity contribution in [3.05, 3.63) is 125 Å². The largest absolute Gasteiger partial charge is 0.289 e. The van der Waals surface area contributed by atoms with Crippen LogP contribution in [0.25, 0.3) is 0 Å². The topological polar surface area (TPSA) is 51.2 Å². The minimum atomic E-state index is -4.25. The second-order valence-corrected chi connectivity index (χ2v) is 11.9. The van der Waals surface area contributed by atoms with Crippen molar-refractivity contribution < 1.29 is 40.7 Å². The van der Waals surface area contributed by atoms with Crippen LogP contribution in [0.4, 0.5) is 26.3 Å². The summed E-state index contributed by atoms with van der Waals surface area (Å²) in [6.45, 7) is 0. The number of ketones is 3. The van der Waals surface area contributed by atoms with Crippen LogP contribution >= 0.6 is 7.26 Å². The van der Waals surface area contributed by atoms with Gasteiger partial charge in [0.25, 0.3) is 5.78 Å². The van der Waals surface area contributed by atoms with Crippen molar-refractivity contribution in [2.75, 3.05) is 0 Å². The smallest absolute Gasteiger partial charge is 0.252 e. The molecule has 1 unspecified atom stereocenters. The van der Waals surface area contributed by atoms with Crippen molar-refractivity contribution in [1.82, 2.24) is 0 Å². The Labute approximate surface area is 212 Å². The van der Waals surface area contributed by atoms with Crippen LogP contribution < -0.4 is 15.9 Å². The van der Waals surface area contributed by atoms with E-state index in [2.05, 4.69) is 0 Å². The maximum atomic E-state index is 15.6. The first-order valence-corrected chi connectivity index (χ1v) is 12.9. The molecule has 4 aromatic rings. The molecular formula is C28H14F6O3P+. The van der Waals surface area contributed by atoms with Gasteiger partial charge >= 0.3 is 0 Å². The maximum Gasteiger partial charge on any atom is 0.252 e. The molecule has 0 heterocycles. The van der Waals surface area contributed by atoms with E-state index in [1.54, 1.807) is 12.1 Å². The van der Waals surface area contributed by atoms with Gasteiger partial charge in [-0.25, -0.2) is 26.3 Å². The van der Waals surface area contributed by atoms with E-state index >= 15 is 13.2 Å². The molecule has 0 aromatic heterocycles. The van der Waals surface area contributed by atoms with Crippen LogP contribution in [-0.4, -0.2) is 23.0 Å². The lowest BCUT2D eigenvalue weighted by molar-refractivity contribution is -0.114. The predicted octanol–water partition coefficient (Wildman–Crippen LogP) is 4.83. The van der Waals surface area contributed by atoms with Crippen molar-refractivity contribution in [2.45, 2.75) is 5.66 Å². The van der Waals surface area contributed by atoms with Crippen molar-refractivity contribution >= 4 is 40.5 Å². The van der Waals surface area contributed by atoms with Crippen LogP contribution in [0.1, 0.15) is 20.7 Å². The second-order valence-electron chi connectivity index (χ2n) is 8.43. The van der Waals surface area contributed by atoms with E-state index < -0.39 is 81.6 Å². The molecule has 0 N–H and O–H groups in total. The molecule has 0 saturated heterocycles. The summed E-state index contributed by atoms with van der Waals surface area (Å²) >= 11 is 0. The summed E-state index contributed by atoms with van der Waals surface area (Å²) in [5.41, 5.74) is -5.35. The van der Waals surface area contributed by atoms with Crippen LogP contribution in [0.15, 0.2) is 78.9 Å². The highest BCUT2D eigenvalue weighted by atomic mass is 31.2. The lowest BCUT2D eigenvalue weighted by Crippen LogP contribution is -2.53. The number of hydrogen-bond acceptors (Lipinski definition) is 3. The van der Waals surface area contributed by atoms with Gasteiger partial charge in [-0.1, -0.05) is 42.5 Å². The number of Topliss-reactive ketones (excluding diaryl/α,β-unsaturated/α-hetero) is 3. The summed E-state index contributed by atoms with van der Waals surface area (Å²) < 4.78 is 89.1. The van der Waals surface area contributed by atoms with Crippen molar-refractivity contribution in [1.29, 1.82) is 0 Å². The third-order valence-corrected chi connectivity index (χ3v) is 11.1. The highest BCUT2D eigenvalue weighted by molar-refractivity contribution is 7.97. The number of hydrogen-bond donors (Lipinski definition) is 0. The molecule has 0 spiro atoms. The van der Waals surface area contributed by atoms with Crippen LogP contribution in [0.3, 0.4) is 0 Å². The van der Waals surface area contributed by atoms with Crippen molar-refractivity contribution in [2.24, 2.45) is 0 Å². The molecule has 0 amide bonds. The molecule has 0 aliphatic heterocycles. The number of carbonyl (C=O) groups is 3. The fourth-order valence-corrected chi connectivity index (χ4v) is 9.64. The summed E-state index contributed by atoms with van der Waals surface area (Å²) in [6.07, 6.45) is 0. The summed E-state index contributed by atoms with van der Waals surface area (Å²) in [7, 11) is -4.25. The number of halogens is 6. The van der Waals surface area contributed by atoms with Gasteiger partial charge in [0, 0.05) is 0 Å². The Morgan fingerprint density at radius 3 is 1.42 bits per heavy atom. The zero-order chi connectivity index (χ0) is 27.4. The fourth-order valence-electron chi connectivity index (χ4n) is 4.92. The van der Waals surface area contributed by atoms with E-state index in [1.807, 2.05) is 0 Å². The molecule has 5 rings (SSSR count). The molecular weight excluding hydrogens is 529 g/mol. The van der Waals surface area contributed by atoms with E-state index in [9.17, 15) is 27.6 Å². The Balaban J connectivity index is 1.99. The highest BCUT2D eigenvalue weighted by Gasteiger charge is 2.65. The predicted molar refractivity (Wildman–Crippen MR) is 129 cm³/mol. The Morgan fingerprint density at radius 1 is 0.500 bits per heavy atom. The van der Waals surface area contributed by atoms with Gasteiger partial charge < -0.3 is 0 Å². The van der Waals surface area contributed by atoms with Gasteiger partial charge in [0.1, 0.15) is 17.9 Å². The van der Waals surface area contributed by atoms with Gasteiger partial charge in [0.15, 0.2) is 40.2 Å². The van der Waals surface area contributed by atoms with Crippen LogP contribution in [0, 0.1) is 34.9 Å². The minimum Gasteiger partial charge on any atom is -0.289 e. The van der Waals surface area contributed by atoms with Gasteiger partial charge in [-0.05, 0) is 36.4 Å². The molecule has 190 valence electrons. The average molecular weight is 543 g/mol. The first-order valence-electron chi connectivity index (χ1n) is 11.1. The summed E-state index contributed by atoms with van der Waals surface area (Å²) in [4.78, 5) is 40.7. The summed E-state index contributed by atoms with van der Waals surface area (Å²) in [5.74, 6) is -16.5. The Kier molecular flexibility index (Phi) is 6.27. The molecule has 38 heavy (non-hydrogen) atoms. The maximum absolute atomic E-state index is 15.6. The molecule has 4 aromatic carbocycles. The van der Waals surface area contributed by atoms with Crippen molar-refractivity contribution in [3.8, 4) is 0 Å². The third-order valence-electron chi connectivity index (χ3n) is 6.47. The van der Waals surface area contributed by atoms with E-state index in [0.717, 1.165) is 18.2 Å². The zero-order valence-electron chi connectivity index (χ0n) is 19.0. The van der Waals surface area contributed by atoms with Gasteiger partial charge in [0.2, 0.25) is 17.2 Å². The molecule has 10 heteroatoms. The number of rotatable bonds is 4. The second kappa shape index (κ2) is 9.33. The molecule has 1 atom stereocenters. The summed E-state index contributed by atoms with van der Waals surface area (Å²) in [5, 5.41) is -0.605. The molecule has 1 aliphatic carbocycles. The first kappa shape index (κ1) is 25.5. The van der Waals surface area contributed by atoms with Gasteiger partial charge in [-0.15, -0.1) is 0 Å². The molecule has 0 bridgehead atoms. The van der Waals surface area contributed by atoms with E-state index in [4.69, 9.17) is 0 Å². The van der Waals surface area contributed by atoms with Gasteiger partial charge in [0.05, 0.1) is 11.1 Å². The Bertz CT molecular complexity index is 1580. The molecule has 0 radical (unpaired) electrons. The van der Waals surface area contributed by atoms with Crippen LogP contribution in [0.2, 0.25) is 0 Å². The first-order chi connectivity index (χ1) is 18.1. The molecule has 0 saturated carbocycles. The quantitative estimate of drug-likeness (QED) is 0.0926. The van der Waals surface area contributed by atoms with Crippen LogP contribution in [0.5, 0.6) is 0 Å². The molecule has 1 aliphatic rings. The van der Waals surface area contributed by atoms with Gasteiger partial charge in [-0.3, -0.25) is 14.4 Å². The van der Waals surface area contributed by atoms with Crippen LogP contribution in [-0.2, 0) is 4.79 Å². The number of fused-ring (bicyclic) bond motifs is 1. The highest BCUT2D eigenvalue weighted by Crippen LogP contribution is 2.62. The third kappa shape index (κ3) is 3.45. The lowest BCUT2D eigenvalue weighted by atomic mass is 9.87. The average Bonchev–Trinajstić information content (AvgIpc) is 2.92. The van der Waals surface area contributed by atoms with Gasteiger partial charge in [-0.2, -0.15) is 0 Å². The fraction of sp³-hybridized carbons (Fsp3) is 0.0357. The molecule has 3 nitrogen and oxygen atoms in total.